The number of rotatable bonds is 5. The molecule has 0 aliphatic heterocycles. The molecular formula is C15H16Cl2IN3. The molecule has 0 fully saturated rings. The summed E-state index contributed by atoms with van der Waals surface area (Å²) in [6.45, 7) is 5.01. The molecule has 0 radical (unpaired) electrons. The van der Waals surface area contributed by atoms with Gasteiger partial charge in [0.1, 0.15) is 5.82 Å². The molecule has 21 heavy (non-hydrogen) atoms. The van der Waals surface area contributed by atoms with Crippen molar-refractivity contribution >= 4 is 51.6 Å². The first-order chi connectivity index (χ1) is 10.1. The van der Waals surface area contributed by atoms with Crippen LogP contribution in [0.4, 0.5) is 5.82 Å². The fraction of sp³-hybridized carbons (Fsp3) is 0.333. The van der Waals surface area contributed by atoms with Crippen LogP contribution in [0.1, 0.15) is 26.0 Å². The highest BCUT2D eigenvalue weighted by molar-refractivity contribution is 14.1. The number of hydrogen-bond donors (Lipinski definition) is 1. The van der Waals surface area contributed by atoms with Crippen molar-refractivity contribution in [1.82, 2.24) is 9.97 Å². The van der Waals surface area contributed by atoms with Crippen LogP contribution in [0.3, 0.4) is 0 Å². The molecule has 0 aliphatic carbocycles. The van der Waals surface area contributed by atoms with Gasteiger partial charge in [0, 0.05) is 12.1 Å². The van der Waals surface area contributed by atoms with Crippen molar-refractivity contribution in [2.45, 2.75) is 26.7 Å². The molecule has 0 atom stereocenters. The molecule has 1 N–H and O–H groups in total. The van der Waals surface area contributed by atoms with E-state index in [4.69, 9.17) is 23.2 Å². The van der Waals surface area contributed by atoms with E-state index >= 15 is 0 Å². The molecule has 0 spiro atoms. The second-order valence-electron chi connectivity index (χ2n) is 4.57. The Morgan fingerprint density at radius 1 is 1.14 bits per heavy atom. The minimum absolute atomic E-state index is 0.512. The molecule has 2 rings (SSSR count). The van der Waals surface area contributed by atoms with Crippen LogP contribution in [0, 0.1) is 3.57 Å². The van der Waals surface area contributed by atoms with E-state index in [1.807, 2.05) is 6.07 Å². The zero-order chi connectivity index (χ0) is 15.4. The maximum Gasteiger partial charge on any atom is 0.161 e. The fourth-order valence-electron chi connectivity index (χ4n) is 1.94. The lowest BCUT2D eigenvalue weighted by Gasteiger charge is -2.12. The predicted octanol–water partition coefficient (Wildman–Crippen LogP) is 5.44. The van der Waals surface area contributed by atoms with E-state index in [0.29, 0.717) is 15.9 Å². The van der Waals surface area contributed by atoms with Gasteiger partial charge in [0.25, 0.3) is 0 Å². The zero-order valence-corrected chi connectivity index (χ0v) is 15.6. The first-order valence-electron chi connectivity index (χ1n) is 6.82. The Hall–Kier alpha value is -0.590. The van der Waals surface area contributed by atoms with Crippen molar-refractivity contribution in [2.75, 3.05) is 11.9 Å². The molecule has 0 saturated heterocycles. The summed E-state index contributed by atoms with van der Waals surface area (Å²) in [5, 5.41) is 4.34. The number of benzene rings is 1. The Morgan fingerprint density at radius 2 is 1.90 bits per heavy atom. The van der Waals surface area contributed by atoms with Gasteiger partial charge in [0.15, 0.2) is 5.82 Å². The maximum atomic E-state index is 6.09. The lowest BCUT2D eigenvalue weighted by atomic mass is 10.2. The Labute approximate surface area is 148 Å². The summed E-state index contributed by atoms with van der Waals surface area (Å²) in [4.78, 5) is 9.30. The SMILES string of the molecule is CCCc1nc(-c2ccc(Cl)c(Cl)c2)nc(NCC)c1I. The van der Waals surface area contributed by atoms with Crippen molar-refractivity contribution in [1.29, 1.82) is 0 Å². The van der Waals surface area contributed by atoms with Gasteiger partial charge in [-0.1, -0.05) is 36.5 Å². The van der Waals surface area contributed by atoms with Crippen molar-refractivity contribution in [3.63, 3.8) is 0 Å². The van der Waals surface area contributed by atoms with Gasteiger partial charge >= 0.3 is 0 Å². The summed E-state index contributed by atoms with van der Waals surface area (Å²) < 4.78 is 1.08. The van der Waals surface area contributed by atoms with Gasteiger partial charge in [-0.25, -0.2) is 9.97 Å². The lowest BCUT2D eigenvalue weighted by molar-refractivity contribution is 0.867. The largest absolute Gasteiger partial charge is 0.369 e. The third-order valence-corrected chi connectivity index (χ3v) is 4.80. The first kappa shape index (κ1) is 16.8. The van der Waals surface area contributed by atoms with Gasteiger partial charge in [-0.3, -0.25) is 0 Å². The van der Waals surface area contributed by atoms with Gasteiger partial charge in [-0.15, -0.1) is 0 Å². The number of hydrogen-bond acceptors (Lipinski definition) is 3. The van der Waals surface area contributed by atoms with E-state index in [1.54, 1.807) is 12.1 Å². The highest BCUT2D eigenvalue weighted by Crippen LogP contribution is 2.29. The number of aromatic nitrogens is 2. The summed E-state index contributed by atoms with van der Waals surface area (Å²) in [7, 11) is 0. The van der Waals surface area contributed by atoms with Gasteiger partial charge < -0.3 is 5.32 Å². The average molecular weight is 436 g/mol. The third-order valence-electron chi connectivity index (χ3n) is 2.93. The number of nitrogens with one attached hydrogen (secondary N) is 1. The van der Waals surface area contributed by atoms with E-state index in [9.17, 15) is 0 Å². The normalized spacial score (nSPS) is 10.7. The molecule has 0 aliphatic rings. The van der Waals surface area contributed by atoms with E-state index in [-0.39, 0.29) is 0 Å². The molecule has 0 saturated carbocycles. The van der Waals surface area contributed by atoms with Crippen LogP contribution < -0.4 is 5.32 Å². The summed E-state index contributed by atoms with van der Waals surface area (Å²) in [6.07, 6.45) is 1.97. The Kier molecular flexibility index (Phi) is 6.08. The zero-order valence-electron chi connectivity index (χ0n) is 11.9. The minimum Gasteiger partial charge on any atom is -0.369 e. The molecule has 0 amide bonds. The monoisotopic (exact) mass is 435 g/mol. The predicted molar refractivity (Wildman–Crippen MR) is 98.4 cm³/mol. The van der Waals surface area contributed by atoms with Crippen LogP contribution in [0.15, 0.2) is 18.2 Å². The smallest absolute Gasteiger partial charge is 0.161 e. The van der Waals surface area contributed by atoms with Crippen LogP contribution >= 0.6 is 45.8 Å². The summed E-state index contributed by atoms with van der Waals surface area (Å²) >= 11 is 14.4. The highest BCUT2D eigenvalue weighted by Gasteiger charge is 2.13. The quantitative estimate of drug-likeness (QED) is 0.635. The van der Waals surface area contributed by atoms with Crippen LogP contribution in [0.25, 0.3) is 11.4 Å². The molecule has 0 unspecified atom stereocenters. The lowest BCUT2D eigenvalue weighted by Crippen LogP contribution is -2.08. The number of halogens is 3. The van der Waals surface area contributed by atoms with E-state index in [1.165, 1.54) is 0 Å². The van der Waals surface area contributed by atoms with E-state index < -0.39 is 0 Å². The molecule has 1 heterocycles. The topological polar surface area (TPSA) is 37.8 Å². The van der Waals surface area contributed by atoms with Gasteiger partial charge in [0.05, 0.1) is 19.3 Å². The van der Waals surface area contributed by atoms with Gasteiger partial charge in [-0.05, 0) is 54.1 Å². The number of aryl methyl sites for hydroxylation is 1. The van der Waals surface area contributed by atoms with Crippen molar-refractivity contribution in [3.8, 4) is 11.4 Å². The van der Waals surface area contributed by atoms with Crippen LogP contribution in [0.5, 0.6) is 0 Å². The van der Waals surface area contributed by atoms with Crippen molar-refractivity contribution < 1.29 is 0 Å². The average Bonchev–Trinajstić information content (AvgIpc) is 2.46. The molecule has 6 heteroatoms. The van der Waals surface area contributed by atoms with E-state index in [2.05, 4.69) is 51.7 Å². The fourth-order valence-corrected chi connectivity index (χ4v) is 2.94. The molecule has 3 nitrogen and oxygen atoms in total. The number of anilines is 1. The van der Waals surface area contributed by atoms with Gasteiger partial charge in [0.2, 0.25) is 0 Å². The van der Waals surface area contributed by atoms with Crippen LogP contribution in [-0.4, -0.2) is 16.5 Å². The van der Waals surface area contributed by atoms with Crippen molar-refractivity contribution in [2.24, 2.45) is 0 Å². The maximum absolute atomic E-state index is 6.09. The Morgan fingerprint density at radius 3 is 2.52 bits per heavy atom. The van der Waals surface area contributed by atoms with Crippen LogP contribution in [0.2, 0.25) is 10.0 Å². The van der Waals surface area contributed by atoms with E-state index in [0.717, 1.165) is 40.0 Å². The van der Waals surface area contributed by atoms with Gasteiger partial charge in [-0.2, -0.15) is 0 Å². The standard InChI is InChI=1S/C15H16Cl2IN3/c1-3-5-12-13(18)15(19-4-2)21-14(20-12)9-6-7-10(16)11(17)8-9/h6-8H,3-5H2,1-2H3,(H,19,20,21). The highest BCUT2D eigenvalue weighted by atomic mass is 127. The molecule has 1 aromatic carbocycles. The molecule has 2 aromatic rings. The number of nitrogens with zero attached hydrogens (tertiary/aromatic N) is 2. The third kappa shape index (κ3) is 3.99. The van der Waals surface area contributed by atoms with Crippen molar-refractivity contribution in [3.05, 3.63) is 37.5 Å². The second kappa shape index (κ2) is 7.61. The Bertz CT molecular complexity index is 620. The molecule has 112 valence electrons. The molecule has 1 aromatic heterocycles. The molecular weight excluding hydrogens is 420 g/mol. The summed E-state index contributed by atoms with van der Waals surface area (Å²) in [6, 6.07) is 5.46. The summed E-state index contributed by atoms with van der Waals surface area (Å²) in [5.74, 6) is 1.55. The second-order valence-corrected chi connectivity index (χ2v) is 6.46. The molecule has 0 bridgehead atoms. The Balaban J connectivity index is 2.53. The minimum atomic E-state index is 0.512. The summed E-state index contributed by atoms with van der Waals surface area (Å²) in [5.41, 5.74) is 1.93. The first-order valence-corrected chi connectivity index (χ1v) is 8.66. The van der Waals surface area contributed by atoms with Crippen LogP contribution in [-0.2, 0) is 6.42 Å².